The van der Waals surface area contributed by atoms with Crippen LogP contribution in [0.1, 0.15) is 22.3 Å². The standard InChI is InChI=1S/C16H6BF14/c18-13(19,20)7-1-8(14(21,22)23)4-11(3-7)17(30,31)12-5-9(15(24,25)26)2-10(6-12)16(27,28)29/h1-6H/q-1. The Kier molecular flexibility index (Phi) is 5.83. The van der Waals surface area contributed by atoms with Crippen LogP contribution in [-0.4, -0.2) is 6.70 Å². The Hall–Kier alpha value is -2.48. The minimum atomic E-state index is -5.90. The van der Waals surface area contributed by atoms with Crippen LogP contribution in [0.3, 0.4) is 0 Å². The quantitative estimate of drug-likeness (QED) is 0.356. The molecule has 0 atom stereocenters. The summed E-state index contributed by atoms with van der Waals surface area (Å²) in [6.07, 6.45) is -22.2. The number of rotatable bonds is 2. The molecule has 2 rings (SSSR count). The fourth-order valence-corrected chi connectivity index (χ4v) is 2.57. The van der Waals surface area contributed by atoms with Gasteiger partial charge in [0.05, 0.1) is 22.3 Å². The zero-order valence-electron chi connectivity index (χ0n) is 14.3. The third-order valence-corrected chi connectivity index (χ3v) is 4.06. The molecule has 0 aliphatic rings. The maximum absolute atomic E-state index is 14.8. The predicted octanol–water partition coefficient (Wildman–Crippen LogP) is 6.26. The summed E-state index contributed by atoms with van der Waals surface area (Å²) in [6, 6.07) is -2.84. The Labute approximate surface area is 163 Å². The van der Waals surface area contributed by atoms with Gasteiger partial charge >= 0.3 is 31.4 Å². The molecule has 15 heteroatoms. The zero-order chi connectivity index (χ0) is 24.2. The summed E-state index contributed by atoms with van der Waals surface area (Å²) < 4.78 is 184. The average molecular weight is 475 g/mol. The molecule has 2 aromatic carbocycles. The molecule has 31 heavy (non-hydrogen) atoms. The fraction of sp³-hybridized carbons (Fsp3) is 0.250. The summed E-state index contributed by atoms with van der Waals surface area (Å²) >= 11 is 0. The van der Waals surface area contributed by atoms with Gasteiger partial charge in [-0.2, -0.15) is 52.7 Å². The number of hydrogen-bond acceptors (Lipinski definition) is 0. The van der Waals surface area contributed by atoms with Crippen LogP contribution < -0.4 is 10.9 Å². The highest BCUT2D eigenvalue weighted by Gasteiger charge is 2.42. The first-order valence-corrected chi connectivity index (χ1v) is 7.75. The lowest BCUT2D eigenvalue weighted by Crippen LogP contribution is -2.52. The van der Waals surface area contributed by atoms with E-state index in [0.717, 1.165) is 0 Å². The third-order valence-electron chi connectivity index (χ3n) is 4.06. The molecular weight excluding hydrogens is 469 g/mol. The van der Waals surface area contributed by atoms with E-state index in [1.54, 1.807) is 0 Å². The molecule has 0 fully saturated rings. The molecule has 0 aromatic heterocycles. The van der Waals surface area contributed by atoms with Gasteiger partial charge in [0, 0.05) is 0 Å². The lowest BCUT2D eigenvalue weighted by atomic mass is 9.52. The SMILES string of the molecule is F[B-](F)(c1cc(C(F)(F)F)cc(C(F)(F)F)c1)c1cc(C(F)(F)F)cc(C(F)(F)F)c1. The van der Waals surface area contributed by atoms with Crippen LogP contribution in [0.25, 0.3) is 0 Å². The average Bonchev–Trinajstić information content (AvgIpc) is 2.58. The van der Waals surface area contributed by atoms with Crippen molar-refractivity contribution in [1.29, 1.82) is 0 Å². The van der Waals surface area contributed by atoms with E-state index in [4.69, 9.17) is 0 Å². The normalized spacial score (nSPS) is 14.1. The summed E-state index contributed by atoms with van der Waals surface area (Å²) in [5, 5.41) is 0. The van der Waals surface area contributed by atoms with E-state index in [1.165, 1.54) is 0 Å². The van der Waals surface area contributed by atoms with E-state index in [-0.39, 0.29) is 0 Å². The van der Waals surface area contributed by atoms with Gasteiger partial charge in [-0.1, -0.05) is 24.3 Å². The Morgan fingerprint density at radius 2 is 0.581 bits per heavy atom. The van der Waals surface area contributed by atoms with Crippen molar-refractivity contribution in [3.05, 3.63) is 58.7 Å². The van der Waals surface area contributed by atoms with Gasteiger partial charge in [-0.05, 0) is 12.1 Å². The van der Waals surface area contributed by atoms with Crippen LogP contribution in [0.5, 0.6) is 0 Å². The highest BCUT2D eigenvalue weighted by Crippen LogP contribution is 2.37. The van der Waals surface area contributed by atoms with Crippen LogP contribution >= 0.6 is 0 Å². The van der Waals surface area contributed by atoms with Crippen molar-refractivity contribution >= 4 is 17.6 Å². The molecule has 172 valence electrons. The fourth-order valence-electron chi connectivity index (χ4n) is 2.57. The van der Waals surface area contributed by atoms with Crippen molar-refractivity contribution in [3.8, 4) is 0 Å². The van der Waals surface area contributed by atoms with Crippen molar-refractivity contribution in [2.75, 3.05) is 0 Å². The zero-order valence-corrected chi connectivity index (χ0v) is 14.3. The maximum Gasteiger partial charge on any atom is 0.416 e. The van der Waals surface area contributed by atoms with Crippen molar-refractivity contribution in [2.24, 2.45) is 0 Å². The first kappa shape index (κ1) is 24.8. The van der Waals surface area contributed by atoms with Crippen molar-refractivity contribution in [3.63, 3.8) is 0 Å². The Morgan fingerprint density at radius 3 is 0.742 bits per heavy atom. The van der Waals surface area contributed by atoms with Crippen LogP contribution in [0, 0.1) is 0 Å². The summed E-state index contributed by atoms with van der Waals surface area (Å²) in [4.78, 5) is 0. The van der Waals surface area contributed by atoms with E-state index in [1.807, 2.05) is 0 Å². The second-order valence-electron chi connectivity index (χ2n) is 6.34. The van der Waals surface area contributed by atoms with Gasteiger partial charge in [-0.25, -0.2) is 0 Å². The van der Waals surface area contributed by atoms with Gasteiger partial charge < -0.3 is 8.63 Å². The van der Waals surface area contributed by atoms with E-state index >= 15 is 0 Å². The van der Waals surface area contributed by atoms with Gasteiger partial charge in [0.25, 0.3) is 0 Å². The van der Waals surface area contributed by atoms with Gasteiger partial charge in [0.1, 0.15) is 0 Å². The molecule has 0 heterocycles. The molecule has 0 unspecified atom stereocenters. The second kappa shape index (κ2) is 7.29. The molecule has 0 radical (unpaired) electrons. The topological polar surface area (TPSA) is 0 Å². The third kappa shape index (κ3) is 5.42. The van der Waals surface area contributed by atoms with E-state index in [2.05, 4.69) is 0 Å². The molecule has 2 aromatic rings. The first-order valence-electron chi connectivity index (χ1n) is 7.75. The lowest BCUT2D eigenvalue weighted by Gasteiger charge is -2.29. The molecule has 0 amide bonds. The maximum atomic E-state index is 14.8. The first-order chi connectivity index (χ1) is 13.6. The highest BCUT2D eigenvalue weighted by molar-refractivity contribution is 6.91. The molecule has 0 aliphatic carbocycles. The Bertz CT molecular complexity index is 820. The summed E-state index contributed by atoms with van der Waals surface area (Å²) in [6.45, 7) is -5.90. The minimum Gasteiger partial charge on any atom is -0.469 e. The predicted molar refractivity (Wildman–Crippen MR) is 80.1 cm³/mol. The van der Waals surface area contributed by atoms with Crippen LogP contribution in [0.4, 0.5) is 61.3 Å². The molecule has 0 N–H and O–H groups in total. The van der Waals surface area contributed by atoms with E-state index in [0.29, 0.717) is 0 Å². The Balaban J connectivity index is 2.83. The molecular formula is C16H6BF14-. The molecule has 0 saturated carbocycles. The number of benzene rings is 2. The molecule has 0 saturated heterocycles. The van der Waals surface area contributed by atoms with Crippen molar-refractivity contribution in [1.82, 2.24) is 0 Å². The van der Waals surface area contributed by atoms with Crippen LogP contribution in [0.15, 0.2) is 36.4 Å². The number of alkyl halides is 12. The molecule has 0 bridgehead atoms. The van der Waals surface area contributed by atoms with Gasteiger partial charge in [-0.15, -0.1) is 10.9 Å². The van der Waals surface area contributed by atoms with Gasteiger partial charge in [0.15, 0.2) is 0 Å². The van der Waals surface area contributed by atoms with Gasteiger partial charge in [-0.3, -0.25) is 0 Å². The Morgan fingerprint density at radius 1 is 0.387 bits per heavy atom. The van der Waals surface area contributed by atoms with E-state index < -0.39 is 101 Å². The van der Waals surface area contributed by atoms with Crippen LogP contribution in [-0.2, 0) is 24.7 Å². The summed E-state index contributed by atoms with van der Waals surface area (Å²) in [5.74, 6) is 0. The second-order valence-corrected chi connectivity index (χ2v) is 6.34. The smallest absolute Gasteiger partial charge is 0.416 e. The number of halogens is 14. The molecule has 0 aliphatic heterocycles. The molecule has 0 spiro atoms. The van der Waals surface area contributed by atoms with Crippen molar-refractivity contribution < 1.29 is 61.3 Å². The summed E-state index contributed by atoms with van der Waals surface area (Å²) in [5.41, 5.74) is -12.9. The monoisotopic (exact) mass is 475 g/mol. The minimum absolute atomic E-state index is 0.456. The lowest BCUT2D eigenvalue weighted by molar-refractivity contribution is -0.144. The van der Waals surface area contributed by atoms with Gasteiger partial charge in [0.2, 0.25) is 0 Å². The molecule has 0 nitrogen and oxygen atoms in total. The summed E-state index contributed by atoms with van der Waals surface area (Å²) in [7, 11) is 0. The highest BCUT2D eigenvalue weighted by atomic mass is 19.4. The number of hydrogen-bond donors (Lipinski definition) is 0. The van der Waals surface area contributed by atoms with E-state index in [9.17, 15) is 61.3 Å². The largest absolute Gasteiger partial charge is 0.469 e. The van der Waals surface area contributed by atoms with Crippen LogP contribution in [0.2, 0.25) is 0 Å². The van der Waals surface area contributed by atoms with Crippen molar-refractivity contribution in [2.45, 2.75) is 24.7 Å².